The Kier molecular flexibility index (Phi) is 9.95. The predicted octanol–water partition coefficient (Wildman–Crippen LogP) is 3.28. The van der Waals surface area contributed by atoms with Crippen LogP contribution in [0.3, 0.4) is 0 Å². The highest BCUT2D eigenvalue weighted by molar-refractivity contribution is 14.0. The SMILES string of the molecule is CCNC(=NCc1ccnc(N2CCN(C)CC2)c1)N1CCC(CC(C)C)C1.I. The Morgan fingerprint density at radius 1 is 1.24 bits per heavy atom. The summed E-state index contributed by atoms with van der Waals surface area (Å²) in [4.78, 5) is 16.8. The maximum atomic E-state index is 4.95. The molecule has 1 unspecified atom stereocenters. The van der Waals surface area contributed by atoms with Crippen LogP contribution in [0.2, 0.25) is 0 Å². The van der Waals surface area contributed by atoms with Gasteiger partial charge in [0.1, 0.15) is 5.82 Å². The summed E-state index contributed by atoms with van der Waals surface area (Å²) in [5, 5.41) is 3.50. The third-order valence-electron chi connectivity index (χ3n) is 5.77. The quantitative estimate of drug-likeness (QED) is 0.359. The second-order valence-corrected chi connectivity index (χ2v) is 8.71. The van der Waals surface area contributed by atoms with E-state index in [0.717, 1.165) is 69.4 Å². The van der Waals surface area contributed by atoms with Crippen LogP contribution in [0.15, 0.2) is 23.3 Å². The zero-order valence-corrected chi connectivity index (χ0v) is 20.9. The number of likely N-dealkylation sites (N-methyl/N-ethyl adjacent to an activating group) is 1. The van der Waals surface area contributed by atoms with Gasteiger partial charge in [-0.2, -0.15) is 0 Å². The Morgan fingerprint density at radius 3 is 2.69 bits per heavy atom. The lowest BCUT2D eigenvalue weighted by Crippen LogP contribution is -2.44. The molecule has 2 saturated heterocycles. The topological polar surface area (TPSA) is 47.0 Å². The number of likely N-dealkylation sites (tertiary alicyclic amines) is 1. The molecule has 29 heavy (non-hydrogen) atoms. The van der Waals surface area contributed by atoms with Gasteiger partial charge < -0.3 is 20.0 Å². The van der Waals surface area contributed by atoms with E-state index < -0.39 is 0 Å². The molecule has 7 heteroatoms. The summed E-state index contributed by atoms with van der Waals surface area (Å²) in [5.74, 6) is 3.72. The molecule has 1 atom stereocenters. The van der Waals surface area contributed by atoms with Gasteiger partial charge in [0.05, 0.1) is 6.54 Å². The van der Waals surface area contributed by atoms with Crippen LogP contribution in [-0.2, 0) is 6.54 Å². The van der Waals surface area contributed by atoms with Crippen molar-refractivity contribution in [3.63, 3.8) is 0 Å². The maximum Gasteiger partial charge on any atom is 0.194 e. The van der Waals surface area contributed by atoms with Crippen LogP contribution in [0, 0.1) is 11.8 Å². The van der Waals surface area contributed by atoms with Gasteiger partial charge in [-0.15, -0.1) is 24.0 Å². The number of aliphatic imine (C=N–C) groups is 1. The van der Waals surface area contributed by atoms with E-state index in [1.54, 1.807) is 0 Å². The second-order valence-electron chi connectivity index (χ2n) is 8.71. The second kappa shape index (κ2) is 11.9. The fourth-order valence-electron chi connectivity index (χ4n) is 4.24. The minimum atomic E-state index is 0. The van der Waals surface area contributed by atoms with Gasteiger partial charge in [0.15, 0.2) is 5.96 Å². The zero-order valence-electron chi connectivity index (χ0n) is 18.6. The first-order valence-corrected chi connectivity index (χ1v) is 11.0. The van der Waals surface area contributed by atoms with Crippen molar-refractivity contribution in [2.75, 3.05) is 57.8 Å². The first kappa shape index (κ1) is 24.2. The molecule has 0 bridgehead atoms. The molecule has 6 nitrogen and oxygen atoms in total. The number of aromatic nitrogens is 1. The molecule has 0 saturated carbocycles. The first-order valence-electron chi connectivity index (χ1n) is 11.0. The number of nitrogens with zero attached hydrogens (tertiary/aromatic N) is 5. The van der Waals surface area contributed by atoms with Crippen molar-refractivity contribution in [1.82, 2.24) is 20.1 Å². The summed E-state index contributed by atoms with van der Waals surface area (Å²) in [5.41, 5.74) is 1.23. The molecular formula is C22H39IN6. The molecule has 2 aliphatic rings. The van der Waals surface area contributed by atoms with Crippen LogP contribution in [-0.4, -0.2) is 73.6 Å². The monoisotopic (exact) mass is 514 g/mol. The Balaban J connectivity index is 0.00000300. The number of halogens is 1. The summed E-state index contributed by atoms with van der Waals surface area (Å²) in [6, 6.07) is 4.31. The number of anilines is 1. The largest absolute Gasteiger partial charge is 0.357 e. The highest BCUT2D eigenvalue weighted by atomic mass is 127. The molecule has 2 fully saturated rings. The first-order chi connectivity index (χ1) is 13.5. The van der Waals surface area contributed by atoms with Gasteiger partial charge in [0, 0.05) is 52.0 Å². The van der Waals surface area contributed by atoms with Gasteiger partial charge in [-0.1, -0.05) is 13.8 Å². The fourth-order valence-corrected chi connectivity index (χ4v) is 4.24. The van der Waals surface area contributed by atoms with E-state index in [4.69, 9.17) is 4.99 Å². The average molecular weight is 515 g/mol. The van der Waals surface area contributed by atoms with E-state index in [0.29, 0.717) is 6.54 Å². The van der Waals surface area contributed by atoms with Crippen LogP contribution >= 0.6 is 24.0 Å². The number of pyridine rings is 1. The number of hydrogen-bond donors (Lipinski definition) is 1. The maximum absolute atomic E-state index is 4.95. The number of nitrogens with one attached hydrogen (secondary N) is 1. The van der Waals surface area contributed by atoms with Gasteiger partial charge in [-0.05, 0) is 56.3 Å². The minimum Gasteiger partial charge on any atom is -0.357 e. The molecule has 0 aliphatic carbocycles. The van der Waals surface area contributed by atoms with Crippen molar-refractivity contribution in [3.05, 3.63) is 23.9 Å². The Morgan fingerprint density at radius 2 is 2.00 bits per heavy atom. The molecule has 3 heterocycles. The van der Waals surface area contributed by atoms with Crippen molar-refractivity contribution < 1.29 is 0 Å². The number of piperazine rings is 1. The van der Waals surface area contributed by atoms with Gasteiger partial charge >= 0.3 is 0 Å². The van der Waals surface area contributed by atoms with E-state index in [1.165, 1.54) is 18.4 Å². The minimum absolute atomic E-state index is 0. The molecular weight excluding hydrogens is 475 g/mol. The Bertz CT molecular complexity index is 642. The molecule has 0 amide bonds. The van der Waals surface area contributed by atoms with E-state index in [9.17, 15) is 0 Å². The summed E-state index contributed by atoms with van der Waals surface area (Å²) in [6.45, 7) is 14.9. The highest BCUT2D eigenvalue weighted by Crippen LogP contribution is 2.23. The van der Waals surface area contributed by atoms with Gasteiger partial charge in [-0.3, -0.25) is 0 Å². The van der Waals surface area contributed by atoms with Crippen molar-refractivity contribution in [1.29, 1.82) is 0 Å². The fraction of sp³-hybridized carbons (Fsp3) is 0.727. The summed E-state index contributed by atoms with van der Waals surface area (Å²) in [7, 11) is 2.18. The van der Waals surface area contributed by atoms with Crippen molar-refractivity contribution in [3.8, 4) is 0 Å². The molecule has 164 valence electrons. The van der Waals surface area contributed by atoms with E-state index in [2.05, 4.69) is 65.0 Å². The molecule has 1 N–H and O–H groups in total. The Labute approximate surface area is 194 Å². The Hall–Kier alpha value is -1.09. The van der Waals surface area contributed by atoms with Crippen molar-refractivity contribution in [2.45, 2.75) is 40.2 Å². The third-order valence-corrected chi connectivity index (χ3v) is 5.77. The summed E-state index contributed by atoms with van der Waals surface area (Å²) in [6.07, 6.45) is 4.53. The summed E-state index contributed by atoms with van der Waals surface area (Å²) >= 11 is 0. The lowest BCUT2D eigenvalue weighted by molar-refractivity contribution is 0.312. The van der Waals surface area contributed by atoms with Crippen LogP contribution in [0.25, 0.3) is 0 Å². The molecule has 0 spiro atoms. The van der Waals surface area contributed by atoms with Crippen LogP contribution in [0.4, 0.5) is 5.82 Å². The lowest BCUT2D eigenvalue weighted by atomic mass is 9.97. The van der Waals surface area contributed by atoms with Crippen molar-refractivity contribution >= 4 is 35.8 Å². The van der Waals surface area contributed by atoms with Crippen LogP contribution in [0.1, 0.15) is 39.2 Å². The number of guanidine groups is 1. The van der Waals surface area contributed by atoms with E-state index in [-0.39, 0.29) is 24.0 Å². The molecule has 2 aliphatic heterocycles. The predicted molar refractivity (Wildman–Crippen MR) is 133 cm³/mol. The molecule has 1 aromatic heterocycles. The van der Waals surface area contributed by atoms with Crippen LogP contribution in [0.5, 0.6) is 0 Å². The number of hydrogen-bond acceptors (Lipinski definition) is 4. The van der Waals surface area contributed by atoms with E-state index >= 15 is 0 Å². The zero-order chi connectivity index (χ0) is 19.9. The standard InChI is InChI=1S/C22H38N6.HI/c1-5-23-22(28-9-7-20(17-28)14-18(2)3)25-16-19-6-8-24-21(15-19)27-12-10-26(4)11-13-27;/h6,8,15,18,20H,5,7,9-14,16-17H2,1-4H3,(H,23,25);1H. The highest BCUT2D eigenvalue weighted by Gasteiger charge is 2.25. The summed E-state index contributed by atoms with van der Waals surface area (Å²) < 4.78 is 0. The average Bonchev–Trinajstić information content (AvgIpc) is 3.13. The lowest BCUT2D eigenvalue weighted by Gasteiger charge is -2.33. The van der Waals surface area contributed by atoms with Gasteiger partial charge in [0.2, 0.25) is 0 Å². The molecule has 0 radical (unpaired) electrons. The van der Waals surface area contributed by atoms with Gasteiger partial charge in [0.25, 0.3) is 0 Å². The van der Waals surface area contributed by atoms with Gasteiger partial charge in [-0.25, -0.2) is 9.98 Å². The van der Waals surface area contributed by atoms with E-state index in [1.807, 2.05) is 6.20 Å². The normalized spacial score (nSPS) is 20.9. The van der Waals surface area contributed by atoms with Crippen molar-refractivity contribution in [2.24, 2.45) is 16.8 Å². The molecule has 3 rings (SSSR count). The molecule has 0 aromatic carbocycles. The smallest absolute Gasteiger partial charge is 0.194 e. The van der Waals surface area contributed by atoms with Crippen LogP contribution < -0.4 is 10.2 Å². The third kappa shape index (κ3) is 7.27. The number of rotatable bonds is 6. The molecule has 1 aromatic rings.